The van der Waals surface area contributed by atoms with Gasteiger partial charge < -0.3 is 5.32 Å². The number of nitrogens with one attached hydrogen (secondary N) is 1. The maximum Gasteiger partial charge on any atom is 0.103 e. The Morgan fingerprint density at radius 2 is 2.29 bits per heavy atom. The highest BCUT2D eigenvalue weighted by atomic mass is 15.2. The van der Waals surface area contributed by atoms with Gasteiger partial charge in [-0.3, -0.25) is 9.88 Å². The van der Waals surface area contributed by atoms with Gasteiger partial charge in [0.25, 0.3) is 0 Å². The lowest BCUT2D eigenvalue weighted by Gasteiger charge is -2.35. The van der Waals surface area contributed by atoms with Crippen molar-refractivity contribution in [3.63, 3.8) is 0 Å². The fraction of sp³-hybridized carbons (Fsp3) is 0.647. The van der Waals surface area contributed by atoms with Crippen molar-refractivity contribution in [2.75, 3.05) is 25.0 Å². The van der Waals surface area contributed by atoms with Gasteiger partial charge in [-0.15, -0.1) is 0 Å². The Morgan fingerprint density at radius 1 is 1.52 bits per heavy atom. The maximum atomic E-state index is 9.30. The third kappa shape index (κ3) is 3.95. The fourth-order valence-corrected chi connectivity index (χ4v) is 3.12. The summed E-state index contributed by atoms with van der Waals surface area (Å²) in [7, 11) is 0. The van der Waals surface area contributed by atoms with Crippen LogP contribution in [0.5, 0.6) is 0 Å². The molecule has 21 heavy (non-hydrogen) atoms. The first-order chi connectivity index (χ1) is 10.0. The summed E-state index contributed by atoms with van der Waals surface area (Å²) in [4.78, 5) is 6.91. The van der Waals surface area contributed by atoms with E-state index in [0.29, 0.717) is 11.6 Å². The second-order valence-electron chi connectivity index (χ2n) is 6.36. The van der Waals surface area contributed by atoms with Crippen LogP contribution in [0, 0.1) is 31.1 Å². The van der Waals surface area contributed by atoms with Crippen molar-refractivity contribution in [2.45, 2.75) is 46.6 Å². The Bertz CT molecular complexity index is 532. The summed E-state index contributed by atoms with van der Waals surface area (Å²) in [6.45, 7) is 11.7. The van der Waals surface area contributed by atoms with Crippen LogP contribution < -0.4 is 5.32 Å². The molecular weight excluding hydrogens is 260 g/mol. The lowest BCUT2D eigenvalue weighted by Crippen LogP contribution is -2.43. The summed E-state index contributed by atoms with van der Waals surface area (Å²) in [6.07, 6.45) is 2.64. The van der Waals surface area contributed by atoms with Crippen LogP contribution in [0.4, 0.5) is 5.69 Å². The molecule has 1 aliphatic heterocycles. The fourth-order valence-electron chi connectivity index (χ4n) is 3.12. The predicted octanol–water partition coefficient (Wildman–Crippen LogP) is 3.10. The van der Waals surface area contributed by atoms with Crippen LogP contribution in [0.25, 0.3) is 0 Å². The monoisotopic (exact) mass is 286 g/mol. The zero-order valence-electron chi connectivity index (χ0n) is 13.6. The molecule has 2 heterocycles. The third-order valence-corrected chi connectivity index (χ3v) is 4.34. The summed E-state index contributed by atoms with van der Waals surface area (Å²) < 4.78 is 0. The van der Waals surface area contributed by atoms with Crippen LogP contribution in [0.1, 0.15) is 43.6 Å². The Balaban J connectivity index is 2.01. The minimum Gasteiger partial charge on any atom is -0.382 e. The highest BCUT2D eigenvalue weighted by Gasteiger charge is 2.21. The number of pyridine rings is 1. The highest BCUT2D eigenvalue weighted by Crippen LogP contribution is 2.21. The van der Waals surface area contributed by atoms with Crippen molar-refractivity contribution >= 4 is 5.69 Å². The number of likely N-dealkylation sites (tertiary alicyclic amines) is 1. The topological polar surface area (TPSA) is 52.0 Å². The number of hydrogen-bond donors (Lipinski definition) is 1. The molecule has 0 bridgehead atoms. The van der Waals surface area contributed by atoms with Gasteiger partial charge in [-0.1, -0.05) is 6.92 Å². The van der Waals surface area contributed by atoms with Gasteiger partial charge in [0.05, 0.1) is 16.9 Å². The van der Waals surface area contributed by atoms with E-state index in [4.69, 9.17) is 0 Å². The standard InChI is InChI=1S/C17H26N4/c1-12-6-5-7-21(11-12)14(3)10-19-17-8-13(2)20-15(4)16(17)9-18/h8,12,14H,5-7,10-11H2,1-4H3,(H,19,20). The second kappa shape index (κ2) is 6.91. The van der Waals surface area contributed by atoms with Crippen LogP contribution in [-0.4, -0.2) is 35.6 Å². The van der Waals surface area contributed by atoms with E-state index in [-0.39, 0.29) is 0 Å². The Hall–Kier alpha value is -1.60. The molecule has 1 fully saturated rings. The van der Waals surface area contributed by atoms with E-state index in [1.165, 1.54) is 25.9 Å². The van der Waals surface area contributed by atoms with E-state index < -0.39 is 0 Å². The summed E-state index contributed by atoms with van der Waals surface area (Å²) >= 11 is 0. The molecule has 2 unspecified atom stereocenters. The summed E-state index contributed by atoms with van der Waals surface area (Å²) in [5, 5.41) is 12.8. The van der Waals surface area contributed by atoms with E-state index in [2.05, 4.69) is 35.1 Å². The molecule has 1 N–H and O–H groups in total. The molecule has 0 radical (unpaired) electrons. The number of aryl methyl sites for hydroxylation is 2. The van der Waals surface area contributed by atoms with Gasteiger partial charge >= 0.3 is 0 Å². The quantitative estimate of drug-likeness (QED) is 0.924. The molecule has 0 spiro atoms. The number of nitrogens with zero attached hydrogens (tertiary/aromatic N) is 3. The van der Waals surface area contributed by atoms with Crippen molar-refractivity contribution in [1.29, 1.82) is 5.26 Å². The minimum absolute atomic E-state index is 0.480. The molecule has 0 amide bonds. The van der Waals surface area contributed by atoms with Gasteiger partial charge in [-0.2, -0.15) is 5.26 Å². The van der Waals surface area contributed by atoms with Gasteiger partial charge in [-0.25, -0.2) is 0 Å². The smallest absolute Gasteiger partial charge is 0.103 e. The summed E-state index contributed by atoms with van der Waals surface area (Å²) in [5.74, 6) is 0.793. The minimum atomic E-state index is 0.480. The number of rotatable bonds is 4. The molecule has 0 aliphatic carbocycles. The van der Waals surface area contributed by atoms with Crippen molar-refractivity contribution in [2.24, 2.45) is 5.92 Å². The van der Waals surface area contributed by atoms with Crippen LogP contribution in [0.2, 0.25) is 0 Å². The van der Waals surface area contributed by atoms with E-state index in [0.717, 1.165) is 29.5 Å². The van der Waals surface area contributed by atoms with E-state index in [9.17, 15) is 5.26 Å². The Kier molecular flexibility index (Phi) is 5.19. The molecule has 0 saturated carbocycles. The van der Waals surface area contributed by atoms with Crippen molar-refractivity contribution in [3.05, 3.63) is 23.0 Å². The number of piperidine rings is 1. The van der Waals surface area contributed by atoms with Gasteiger partial charge in [0.1, 0.15) is 6.07 Å². The van der Waals surface area contributed by atoms with Crippen LogP contribution in [0.15, 0.2) is 6.07 Å². The number of hydrogen-bond acceptors (Lipinski definition) is 4. The van der Waals surface area contributed by atoms with E-state index in [1.54, 1.807) is 0 Å². The molecule has 2 rings (SSSR count). The lowest BCUT2D eigenvalue weighted by molar-refractivity contribution is 0.144. The lowest BCUT2D eigenvalue weighted by atomic mass is 9.99. The number of nitriles is 1. The molecule has 1 aliphatic rings. The van der Waals surface area contributed by atoms with Gasteiger partial charge in [-0.05, 0) is 52.1 Å². The molecule has 1 aromatic heterocycles. The third-order valence-electron chi connectivity index (χ3n) is 4.34. The largest absolute Gasteiger partial charge is 0.382 e. The van der Waals surface area contributed by atoms with E-state index in [1.807, 2.05) is 19.9 Å². The van der Waals surface area contributed by atoms with Crippen molar-refractivity contribution < 1.29 is 0 Å². The molecule has 0 aromatic carbocycles. The average molecular weight is 286 g/mol. The molecule has 1 aromatic rings. The summed E-state index contributed by atoms with van der Waals surface area (Å²) in [5.41, 5.74) is 3.34. The van der Waals surface area contributed by atoms with Gasteiger partial charge in [0.2, 0.25) is 0 Å². The highest BCUT2D eigenvalue weighted by molar-refractivity contribution is 5.59. The van der Waals surface area contributed by atoms with Crippen LogP contribution in [0.3, 0.4) is 0 Å². The average Bonchev–Trinajstić information content (AvgIpc) is 2.44. The molecule has 114 valence electrons. The Labute approximate surface area is 128 Å². The molecular formula is C17H26N4. The zero-order chi connectivity index (χ0) is 15.4. The van der Waals surface area contributed by atoms with Crippen molar-refractivity contribution in [1.82, 2.24) is 9.88 Å². The first-order valence-corrected chi connectivity index (χ1v) is 7.87. The second-order valence-corrected chi connectivity index (χ2v) is 6.36. The van der Waals surface area contributed by atoms with Gasteiger partial charge in [0.15, 0.2) is 0 Å². The first kappa shape index (κ1) is 15.8. The maximum absolute atomic E-state index is 9.30. The molecule has 4 nitrogen and oxygen atoms in total. The zero-order valence-corrected chi connectivity index (χ0v) is 13.6. The molecule has 1 saturated heterocycles. The number of anilines is 1. The first-order valence-electron chi connectivity index (χ1n) is 7.87. The summed E-state index contributed by atoms with van der Waals surface area (Å²) in [6, 6.07) is 4.71. The SMILES string of the molecule is Cc1cc(NCC(C)N2CCCC(C)C2)c(C#N)c(C)n1. The van der Waals surface area contributed by atoms with Crippen LogP contribution in [-0.2, 0) is 0 Å². The van der Waals surface area contributed by atoms with Gasteiger partial charge in [0, 0.05) is 24.8 Å². The van der Waals surface area contributed by atoms with E-state index >= 15 is 0 Å². The number of aromatic nitrogens is 1. The Morgan fingerprint density at radius 3 is 2.95 bits per heavy atom. The molecule has 2 atom stereocenters. The normalized spacial score (nSPS) is 20.8. The predicted molar refractivity (Wildman–Crippen MR) is 86.3 cm³/mol. The molecule has 4 heteroatoms. The van der Waals surface area contributed by atoms with Crippen molar-refractivity contribution in [3.8, 4) is 6.07 Å². The van der Waals surface area contributed by atoms with Crippen LogP contribution >= 0.6 is 0 Å².